The molecule has 1 N–H and O–H groups in total. The summed E-state index contributed by atoms with van der Waals surface area (Å²) in [5.74, 6) is -2.55. The van der Waals surface area contributed by atoms with Crippen LogP contribution in [0.1, 0.15) is 23.7 Å². The molecule has 26 heavy (non-hydrogen) atoms. The van der Waals surface area contributed by atoms with E-state index in [2.05, 4.69) is 0 Å². The fourth-order valence-corrected chi connectivity index (χ4v) is 2.65. The maximum absolute atomic E-state index is 14.1. The van der Waals surface area contributed by atoms with E-state index in [9.17, 15) is 22.8 Å². The molecule has 2 rings (SSSR count). The standard InChI is InChI=1S/C17H21F3N2O4/c1-2-10-26-15(24)16(17(18,19)20,22-8-11-25-12-9-22)21-14(23)13-6-4-3-5-7-13/h3-7H,2,8-12H2,1H3,(H,21,23). The lowest BCUT2D eigenvalue weighted by atomic mass is 10.1. The highest BCUT2D eigenvalue weighted by Gasteiger charge is 2.66. The van der Waals surface area contributed by atoms with E-state index < -0.39 is 23.7 Å². The Morgan fingerprint density at radius 3 is 2.35 bits per heavy atom. The number of nitrogens with zero attached hydrogens (tertiary/aromatic N) is 1. The number of alkyl halides is 3. The van der Waals surface area contributed by atoms with Crippen molar-refractivity contribution in [3.05, 3.63) is 35.9 Å². The van der Waals surface area contributed by atoms with Crippen molar-refractivity contribution >= 4 is 11.9 Å². The molecule has 0 aliphatic carbocycles. The lowest BCUT2D eigenvalue weighted by Gasteiger charge is -2.44. The Bertz CT molecular complexity index is 618. The van der Waals surface area contributed by atoms with Gasteiger partial charge in [0, 0.05) is 18.7 Å². The average molecular weight is 374 g/mol. The number of halogens is 3. The van der Waals surface area contributed by atoms with E-state index in [1.54, 1.807) is 13.0 Å². The highest BCUT2D eigenvalue weighted by Crippen LogP contribution is 2.36. The third kappa shape index (κ3) is 4.16. The van der Waals surface area contributed by atoms with Gasteiger partial charge in [-0.15, -0.1) is 0 Å². The Hall–Kier alpha value is -2.13. The van der Waals surface area contributed by atoms with Crippen LogP contribution in [0.4, 0.5) is 13.2 Å². The van der Waals surface area contributed by atoms with Gasteiger partial charge in [-0.25, -0.2) is 4.79 Å². The summed E-state index contributed by atoms with van der Waals surface area (Å²) in [4.78, 5) is 25.8. The Morgan fingerprint density at radius 1 is 1.19 bits per heavy atom. The number of hydrogen-bond donors (Lipinski definition) is 1. The number of ether oxygens (including phenoxy) is 2. The van der Waals surface area contributed by atoms with E-state index in [4.69, 9.17) is 9.47 Å². The van der Waals surface area contributed by atoms with Crippen molar-refractivity contribution in [1.29, 1.82) is 0 Å². The lowest BCUT2D eigenvalue weighted by Crippen LogP contribution is -2.75. The molecular formula is C17H21F3N2O4. The fourth-order valence-electron chi connectivity index (χ4n) is 2.65. The van der Waals surface area contributed by atoms with Gasteiger partial charge in [-0.2, -0.15) is 13.2 Å². The van der Waals surface area contributed by atoms with Crippen LogP contribution in [-0.2, 0) is 14.3 Å². The largest absolute Gasteiger partial charge is 0.463 e. The van der Waals surface area contributed by atoms with Gasteiger partial charge in [0.2, 0.25) is 0 Å². The topological polar surface area (TPSA) is 67.9 Å². The summed E-state index contributed by atoms with van der Waals surface area (Å²) >= 11 is 0. The number of nitrogens with one attached hydrogen (secondary N) is 1. The molecule has 0 spiro atoms. The first-order chi connectivity index (χ1) is 12.3. The van der Waals surface area contributed by atoms with Gasteiger partial charge in [0.05, 0.1) is 19.8 Å². The molecule has 9 heteroatoms. The smallest absolute Gasteiger partial charge is 0.436 e. The van der Waals surface area contributed by atoms with Gasteiger partial charge < -0.3 is 14.8 Å². The molecule has 0 aromatic heterocycles. The molecule has 1 saturated heterocycles. The van der Waals surface area contributed by atoms with E-state index in [0.717, 1.165) is 4.90 Å². The minimum atomic E-state index is -5.08. The van der Waals surface area contributed by atoms with Gasteiger partial charge in [-0.05, 0) is 18.6 Å². The van der Waals surface area contributed by atoms with E-state index in [0.29, 0.717) is 6.42 Å². The van der Waals surface area contributed by atoms with Gasteiger partial charge in [-0.3, -0.25) is 9.69 Å². The minimum absolute atomic E-state index is 0.0117. The second kappa shape index (κ2) is 8.50. The molecule has 6 nitrogen and oxygen atoms in total. The van der Waals surface area contributed by atoms with Gasteiger partial charge >= 0.3 is 12.1 Å². The Kier molecular flexibility index (Phi) is 6.60. The predicted molar refractivity (Wildman–Crippen MR) is 86.3 cm³/mol. The van der Waals surface area contributed by atoms with E-state index in [-0.39, 0.29) is 38.5 Å². The summed E-state index contributed by atoms with van der Waals surface area (Å²) in [5, 5.41) is 1.90. The summed E-state index contributed by atoms with van der Waals surface area (Å²) < 4.78 is 52.2. The molecule has 1 fully saturated rings. The SMILES string of the molecule is CCCOC(=O)C(NC(=O)c1ccccc1)(N1CCOCC1)C(F)(F)F. The highest BCUT2D eigenvalue weighted by molar-refractivity contribution is 5.98. The maximum Gasteiger partial charge on any atom is 0.436 e. The van der Waals surface area contributed by atoms with Crippen molar-refractivity contribution in [3.63, 3.8) is 0 Å². The van der Waals surface area contributed by atoms with Crippen LogP contribution in [0.3, 0.4) is 0 Å². The van der Waals surface area contributed by atoms with Crippen molar-refractivity contribution < 1.29 is 32.2 Å². The zero-order valence-corrected chi connectivity index (χ0v) is 14.3. The molecule has 144 valence electrons. The van der Waals surface area contributed by atoms with Crippen LogP contribution in [0, 0.1) is 0 Å². The number of hydrogen-bond acceptors (Lipinski definition) is 5. The van der Waals surface area contributed by atoms with Crippen LogP contribution >= 0.6 is 0 Å². The van der Waals surface area contributed by atoms with Crippen LogP contribution < -0.4 is 5.32 Å². The van der Waals surface area contributed by atoms with Crippen LogP contribution in [0.2, 0.25) is 0 Å². The lowest BCUT2D eigenvalue weighted by molar-refractivity contribution is -0.253. The number of carbonyl (C=O) groups is 2. The van der Waals surface area contributed by atoms with Crippen LogP contribution in [0.25, 0.3) is 0 Å². The first kappa shape index (κ1) is 20.2. The highest BCUT2D eigenvalue weighted by atomic mass is 19.4. The molecule has 1 amide bonds. The summed E-state index contributed by atoms with van der Waals surface area (Å²) in [5.41, 5.74) is -3.25. The molecule has 0 radical (unpaired) electrons. The van der Waals surface area contributed by atoms with E-state index >= 15 is 0 Å². The zero-order chi connectivity index (χ0) is 19.2. The van der Waals surface area contributed by atoms with Gasteiger partial charge in [0.15, 0.2) is 0 Å². The molecular weight excluding hydrogens is 353 g/mol. The normalized spacial score (nSPS) is 18.0. The minimum Gasteiger partial charge on any atom is -0.463 e. The summed E-state index contributed by atoms with van der Waals surface area (Å²) in [6.07, 6.45) is -4.73. The first-order valence-corrected chi connectivity index (χ1v) is 8.27. The third-order valence-electron chi connectivity index (χ3n) is 3.96. The molecule has 1 aliphatic heterocycles. The molecule has 0 saturated carbocycles. The first-order valence-electron chi connectivity index (χ1n) is 8.27. The van der Waals surface area contributed by atoms with Gasteiger partial charge in [0.25, 0.3) is 11.6 Å². The molecule has 0 bridgehead atoms. The summed E-state index contributed by atoms with van der Waals surface area (Å²) in [6.45, 7) is 1.17. The second-order valence-electron chi connectivity index (χ2n) is 5.76. The van der Waals surface area contributed by atoms with Gasteiger partial charge in [0.1, 0.15) is 0 Å². The predicted octanol–water partition coefficient (Wildman–Crippen LogP) is 1.96. The molecule has 1 aromatic rings. The van der Waals surface area contributed by atoms with Crippen LogP contribution in [-0.4, -0.2) is 61.5 Å². The monoisotopic (exact) mass is 374 g/mol. The number of rotatable bonds is 6. The third-order valence-corrected chi connectivity index (χ3v) is 3.96. The van der Waals surface area contributed by atoms with Gasteiger partial charge in [-0.1, -0.05) is 25.1 Å². The average Bonchev–Trinajstić information content (AvgIpc) is 2.64. The van der Waals surface area contributed by atoms with Crippen molar-refractivity contribution in [2.24, 2.45) is 0 Å². The Balaban J connectivity index is 2.43. The molecule has 1 aliphatic rings. The Morgan fingerprint density at radius 2 is 1.81 bits per heavy atom. The maximum atomic E-state index is 14.1. The van der Waals surface area contributed by atoms with E-state index in [1.807, 2.05) is 5.32 Å². The van der Waals surface area contributed by atoms with Crippen LogP contribution in [0.15, 0.2) is 30.3 Å². The molecule has 1 heterocycles. The summed E-state index contributed by atoms with van der Waals surface area (Å²) in [7, 11) is 0. The molecule has 1 atom stereocenters. The van der Waals surface area contributed by atoms with Crippen LogP contribution in [0.5, 0.6) is 0 Å². The summed E-state index contributed by atoms with van der Waals surface area (Å²) in [6, 6.07) is 7.41. The zero-order valence-electron chi connectivity index (χ0n) is 14.3. The molecule has 1 aromatic carbocycles. The quantitative estimate of drug-likeness (QED) is 0.771. The van der Waals surface area contributed by atoms with Crippen molar-refractivity contribution in [3.8, 4) is 0 Å². The van der Waals surface area contributed by atoms with Crippen molar-refractivity contribution in [2.45, 2.75) is 25.2 Å². The second-order valence-corrected chi connectivity index (χ2v) is 5.76. The Labute approximate surface area is 149 Å². The molecule has 1 unspecified atom stereocenters. The number of benzene rings is 1. The van der Waals surface area contributed by atoms with Crippen molar-refractivity contribution in [2.75, 3.05) is 32.9 Å². The number of esters is 1. The number of carbonyl (C=O) groups excluding carboxylic acids is 2. The fraction of sp³-hybridized carbons (Fsp3) is 0.529. The number of morpholine rings is 1. The van der Waals surface area contributed by atoms with Crippen molar-refractivity contribution in [1.82, 2.24) is 10.2 Å². The number of amides is 1. The van der Waals surface area contributed by atoms with E-state index in [1.165, 1.54) is 24.3 Å².